The van der Waals surface area contributed by atoms with E-state index in [1.807, 2.05) is 54.6 Å². The number of aromatic nitrogens is 2. The highest BCUT2D eigenvalue weighted by Gasteiger charge is 2.13. The Balaban J connectivity index is 1.93. The quantitative estimate of drug-likeness (QED) is 0.530. The van der Waals surface area contributed by atoms with Gasteiger partial charge in [0.1, 0.15) is 0 Å². The predicted molar refractivity (Wildman–Crippen MR) is 90.6 cm³/mol. The number of benzene rings is 2. The van der Waals surface area contributed by atoms with Gasteiger partial charge in [0.15, 0.2) is 0 Å². The molecule has 2 aromatic heterocycles. The summed E-state index contributed by atoms with van der Waals surface area (Å²) in [4.78, 5) is 9.52. The van der Waals surface area contributed by atoms with Crippen molar-refractivity contribution in [2.75, 3.05) is 0 Å². The van der Waals surface area contributed by atoms with Gasteiger partial charge in [-0.15, -0.1) is 0 Å². The Hall–Kier alpha value is -3.20. The number of hydrogen-bond acceptors (Lipinski definition) is 3. The monoisotopic (exact) mass is 298 g/mol. The van der Waals surface area contributed by atoms with Crippen LogP contribution in [0.5, 0.6) is 0 Å². The molecule has 0 bridgehead atoms. The van der Waals surface area contributed by atoms with Gasteiger partial charge in [-0.3, -0.25) is 4.98 Å². The maximum Gasteiger partial charge on any atom is 0.0997 e. The lowest BCUT2D eigenvalue weighted by molar-refractivity contribution is 0.568. The lowest BCUT2D eigenvalue weighted by Crippen LogP contribution is -1.95. The molecule has 2 aromatic carbocycles. The highest BCUT2D eigenvalue weighted by Crippen LogP contribution is 2.30. The van der Waals surface area contributed by atoms with Crippen LogP contribution in [0.15, 0.2) is 89.9 Å². The second kappa shape index (κ2) is 5.89. The molecule has 0 aliphatic heterocycles. The standard InChI is InChI=1S/C20H14N2O/c1-3-7-15(8-4-1)19-20(16-9-5-2-6-10-16)22-18(13-21-19)17-11-12-23-14-17/h1-14H. The van der Waals surface area contributed by atoms with Crippen molar-refractivity contribution in [2.24, 2.45) is 0 Å². The zero-order valence-corrected chi connectivity index (χ0v) is 12.4. The summed E-state index contributed by atoms with van der Waals surface area (Å²) in [7, 11) is 0. The van der Waals surface area contributed by atoms with Crippen molar-refractivity contribution in [3.05, 3.63) is 85.5 Å². The minimum atomic E-state index is 0.803. The van der Waals surface area contributed by atoms with E-state index in [1.165, 1.54) is 0 Å². The maximum absolute atomic E-state index is 5.16. The molecule has 3 nitrogen and oxygen atoms in total. The summed E-state index contributed by atoms with van der Waals surface area (Å²) in [6, 6.07) is 22.1. The van der Waals surface area contributed by atoms with Crippen molar-refractivity contribution in [3.63, 3.8) is 0 Å². The summed E-state index contributed by atoms with van der Waals surface area (Å²) in [6.07, 6.45) is 5.12. The summed E-state index contributed by atoms with van der Waals surface area (Å²) < 4.78 is 5.16. The third-order valence-electron chi connectivity index (χ3n) is 3.68. The fourth-order valence-corrected chi connectivity index (χ4v) is 2.54. The van der Waals surface area contributed by atoms with Gasteiger partial charge < -0.3 is 4.42 Å². The minimum absolute atomic E-state index is 0.803. The fourth-order valence-electron chi connectivity index (χ4n) is 2.54. The molecule has 0 fully saturated rings. The molecular formula is C20H14N2O. The smallest absolute Gasteiger partial charge is 0.0997 e. The highest BCUT2D eigenvalue weighted by molar-refractivity contribution is 5.79. The van der Waals surface area contributed by atoms with Crippen LogP contribution in [0.4, 0.5) is 0 Å². The average Bonchev–Trinajstić information content (AvgIpc) is 3.17. The molecule has 0 radical (unpaired) electrons. The molecule has 0 N–H and O–H groups in total. The second-order valence-electron chi connectivity index (χ2n) is 5.20. The van der Waals surface area contributed by atoms with Crippen LogP contribution < -0.4 is 0 Å². The third kappa shape index (κ3) is 2.64. The maximum atomic E-state index is 5.16. The van der Waals surface area contributed by atoms with Crippen molar-refractivity contribution >= 4 is 0 Å². The van der Waals surface area contributed by atoms with Crippen molar-refractivity contribution in [2.45, 2.75) is 0 Å². The van der Waals surface area contributed by atoms with Gasteiger partial charge >= 0.3 is 0 Å². The lowest BCUT2D eigenvalue weighted by atomic mass is 10.0. The minimum Gasteiger partial charge on any atom is -0.472 e. The molecule has 4 rings (SSSR count). The molecule has 23 heavy (non-hydrogen) atoms. The normalized spacial score (nSPS) is 10.6. The first-order chi connectivity index (χ1) is 11.4. The zero-order chi connectivity index (χ0) is 15.5. The number of nitrogens with zero attached hydrogens (tertiary/aromatic N) is 2. The molecule has 0 amide bonds. The first kappa shape index (κ1) is 13.5. The molecule has 2 heterocycles. The summed E-state index contributed by atoms with van der Waals surface area (Å²) in [5.74, 6) is 0. The van der Waals surface area contributed by atoms with Gasteiger partial charge in [-0.05, 0) is 6.07 Å². The number of rotatable bonds is 3. The largest absolute Gasteiger partial charge is 0.472 e. The first-order valence-corrected chi connectivity index (χ1v) is 7.42. The number of hydrogen-bond donors (Lipinski definition) is 0. The van der Waals surface area contributed by atoms with E-state index in [4.69, 9.17) is 9.40 Å². The van der Waals surface area contributed by atoms with Gasteiger partial charge in [0, 0.05) is 16.7 Å². The van der Waals surface area contributed by atoms with E-state index >= 15 is 0 Å². The summed E-state index contributed by atoms with van der Waals surface area (Å²) in [5, 5.41) is 0. The van der Waals surface area contributed by atoms with Crippen molar-refractivity contribution in [3.8, 4) is 33.8 Å². The molecule has 3 heteroatoms. The summed E-state index contributed by atoms with van der Waals surface area (Å²) in [5.41, 5.74) is 5.58. The highest BCUT2D eigenvalue weighted by atomic mass is 16.3. The van der Waals surface area contributed by atoms with E-state index in [2.05, 4.69) is 17.1 Å². The summed E-state index contributed by atoms with van der Waals surface area (Å²) in [6.45, 7) is 0. The fraction of sp³-hybridized carbons (Fsp3) is 0. The molecule has 110 valence electrons. The van der Waals surface area contributed by atoms with Gasteiger partial charge in [-0.1, -0.05) is 60.7 Å². The first-order valence-electron chi connectivity index (χ1n) is 7.42. The van der Waals surface area contributed by atoms with Crippen LogP contribution in [-0.4, -0.2) is 9.97 Å². The second-order valence-corrected chi connectivity index (χ2v) is 5.20. The van der Waals surface area contributed by atoms with Crippen LogP contribution >= 0.6 is 0 Å². The van der Waals surface area contributed by atoms with Crippen LogP contribution in [0.2, 0.25) is 0 Å². The SMILES string of the molecule is c1ccc(-c2ncc(-c3ccoc3)nc2-c2ccccc2)cc1. The Morgan fingerprint density at radius 2 is 1.30 bits per heavy atom. The van der Waals surface area contributed by atoms with Crippen molar-refractivity contribution in [1.82, 2.24) is 9.97 Å². The molecule has 0 spiro atoms. The van der Waals surface area contributed by atoms with Crippen LogP contribution in [0.25, 0.3) is 33.8 Å². The predicted octanol–water partition coefficient (Wildman–Crippen LogP) is 5.07. The van der Waals surface area contributed by atoms with Gasteiger partial charge in [0.2, 0.25) is 0 Å². The summed E-state index contributed by atoms with van der Waals surface area (Å²) >= 11 is 0. The number of furan rings is 1. The Kier molecular flexibility index (Phi) is 3.45. The van der Waals surface area contributed by atoms with E-state index in [0.29, 0.717) is 0 Å². The van der Waals surface area contributed by atoms with Gasteiger partial charge in [0.05, 0.1) is 35.8 Å². The Morgan fingerprint density at radius 1 is 0.652 bits per heavy atom. The van der Waals surface area contributed by atoms with E-state index < -0.39 is 0 Å². The molecule has 0 atom stereocenters. The Labute approximate surface area is 134 Å². The van der Waals surface area contributed by atoms with E-state index in [-0.39, 0.29) is 0 Å². The van der Waals surface area contributed by atoms with Crippen LogP contribution in [0.3, 0.4) is 0 Å². The molecule has 0 aliphatic rings. The Bertz CT molecular complexity index is 901. The van der Waals surface area contributed by atoms with E-state index in [1.54, 1.807) is 18.7 Å². The molecule has 0 saturated heterocycles. The van der Waals surface area contributed by atoms with E-state index in [9.17, 15) is 0 Å². The molecular weight excluding hydrogens is 284 g/mol. The van der Waals surface area contributed by atoms with Crippen molar-refractivity contribution in [1.29, 1.82) is 0 Å². The van der Waals surface area contributed by atoms with Gasteiger partial charge in [-0.25, -0.2) is 4.98 Å². The van der Waals surface area contributed by atoms with Gasteiger partial charge in [0.25, 0.3) is 0 Å². The Morgan fingerprint density at radius 3 is 1.91 bits per heavy atom. The van der Waals surface area contributed by atoms with Crippen LogP contribution in [0.1, 0.15) is 0 Å². The third-order valence-corrected chi connectivity index (χ3v) is 3.68. The van der Waals surface area contributed by atoms with Gasteiger partial charge in [-0.2, -0.15) is 0 Å². The lowest BCUT2D eigenvalue weighted by Gasteiger charge is -2.10. The molecule has 4 aromatic rings. The average molecular weight is 298 g/mol. The zero-order valence-electron chi connectivity index (χ0n) is 12.4. The van der Waals surface area contributed by atoms with E-state index in [0.717, 1.165) is 33.8 Å². The topological polar surface area (TPSA) is 38.9 Å². The molecule has 0 aliphatic carbocycles. The molecule has 0 unspecified atom stereocenters. The molecule has 0 saturated carbocycles. The van der Waals surface area contributed by atoms with Crippen LogP contribution in [0, 0.1) is 0 Å². The van der Waals surface area contributed by atoms with Crippen molar-refractivity contribution < 1.29 is 4.42 Å². The van der Waals surface area contributed by atoms with Crippen LogP contribution in [-0.2, 0) is 0 Å².